The molecule has 15 heavy (non-hydrogen) atoms. The molecule has 2 nitrogen and oxygen atoms in total. The molecule has 1 aliphatic carbocycles. The maximum atomic E-state index is 11.8. The molecule has 0 radical (unpaired) electrons. The average molecular weight is 211 g/mol. The van der Waals surface area contributed by atoms with E-state index in [-0.39, 0.29) is 5.41 Å². The van der Waals surface area contributed by atoms with E-state index < -0.39 is 0 Å². The Morgan fingerprint density at radius 3 is 2.27 bits per heavy atom. The molecule has 1 aliphatic rings. The van der Waals surface area contributed by atoms with E-state index in [1.807, 2.05) is 0 Å². The zero-order chi connectivity index (χ0) is 11.1. The van der Waals surface area contributed by atoms with Gasteiger partial charge < -0.3 is 5.73 Å². The molecule has 0 aromatic carbocycles. The van der Waals surface area contributed by atoms with Crippen LogP contribution in [0.4, 0.5) is 0 Å². The number of ketones is 1. The van der Waals surface area contributed by atoms with Gasteiger partial charge in [0.25, 0.3) is 0 Å². The largest absolute Gasteiger partial charge is 0.329 e. The summed E-state index contributed by atoms with van der Waals surface area (Å²) in [6.07, 6.45) is 10.4. The van der Waals surface area contributed by atoms with Gasteiger partial charge in [-0.25, -0.2) is 0 Å². The smallest absolute Gasteiger partial charge is 0.140 e. The Morgan fingerprint density at radius 2 is 1.73 bits per heavy atom. The molecule has 0 heterocycles. The zero-order valence-corrected chi connectivity index (χ0v) is 10.1. The summed E-state index contributed by atoms with van der Waals surface area (Å²) in [6, 6.07) is 0. The van der Waals surface area contributed by atoms with E-state index in [1.54, 1.807) is 0 Å². The van der Waals surface area contributed by atoms with Crippen molar-refractivity contribution < 1.29 is 4.79 Å². The highest BCUT2D eigenvalue weighted by Gasteiger charge is 2.47. The number of nitrogens with two attached hydrogens (primary N) is 1. The normalized spacial score (nSPS) is 17.7. The molecule has 1 fully saturated rings. The maximum Gasteiger partial charge on any atom is 0.140 e. The van der Waals surface area contributed by atoms with Gasteiger partial charge in [-0.1, -0.05) is 39.0 Å². The second-order valence-corrected chi connectivity index (χ2v) is 4.93. The van der Waals surface area contributed by atoms with Crippen molar-refractivity contribution in [2.75, 3.05) is 6.54 Å². The van der Waals surface area contributed by atoms with Crippen molar-refractivity contribution >= 4 is 5.78 Å². The third-order valence-corrected chi connectivity index (χ3v) is 3.59. The van der Waals surface area contributed by atoms with Crippen LogP contribution in [0.2, 0.25) is 0 Å². The van der Waals surface area contributed by atoms with Crippen molar-refractivity contribution in [2.45, 2.75) is 64.7 Å². The van der Waals surface area contributed by atoms with Gasteiger partial charge in [-0.15, -0.1) is 0 Å². The summed E-state index contributed by atoms with van der Waals surface area (Å²) in [4.78, 5) is 11.8. The summed E-state index contributed by atoms with van der Waals surface area (Å²) < 4.78 is 0. The van der Waals surface area contributed by atoms with Gasteiger partial charge in [-0.3, -0.25) is 4.79 Å². The minimum Gasteiger partial charge on any atom is -0.329 e. The Labute approximate surface area is 93.6 Å². The predicted molar refractivity (Wildman–Crippen MR) is 63.7 cm³/mol. The summed E-state index contributed by atoms with van der Waals surface area (Å²) in [7, 11) is 0. The van der Waals surface area contributed by atoms with Gasteiger partial charge in [0.2, 0.25) is 0 Å². The molecule has 0 saturated heterocycles. The number of unbranched alkanes of at least 4 members (excludes halogenated alkanes) is 5. The summed E-state index contributed by atoms with van der Waals surface area (Å²) in [5.41, 5.74) is 5.55. The number of carbonyl (C=O) groups excluding carboxylic acids is 1. The van der Waals surface area contributed by atoms with Crippen molar-refractivity contribution in [1.29, 1.82) is 0 Å². The molecule has 0 aromatic heterocycles. The van der Waals surface area contributed by atoms with Crippen LogP contribution in [0.15, 0.2) is 0 Å². The molecule has 0 amide bonds. The van der Waals surface area contributed by atoms with Crippen LogP contribution in [0.3, 0.4) is 0 Å². The van der Waals surface area contributed by atoms with Gasteiger partial charge in [-0.2, -0.15) is 0 Å². The molecule has 0 atom stereocenters. The zero-order valence-electron chi connectivity index (χ0n) is 10.1. The monoisotopic (exact) mass is 211 g/mol. The summed E-state index contributed by atoms with van der Waals surface area (Å²) in [5.74, 6) is 0.431. The number of hydrogen-bond acceptors (Lipinski definition) is 2. The Hall–Kier alpha value is -0.370. The first-order valence-electron chi connectivity index (χ1n) is 6.48. The highest BCUT2D eigenvalue weighted by atomic mass is 16.1. The lowest BCUT2D eigenvalue weighted by atomic mass is 9.96. The molecule has 0 aliphatic heterocycles. The first kappa shape index (κ1) is 12.7. The molecule has 88 valence electrons. The number of carbonyl (C=O) groups is 1. The molecule has 0 unspecified atom stereocenters. The fourth-order valence-corrected chi connectivity index (χ4v) is 2.08. The quantitative estimate of drug-likeness (QED) is 0.596. The van der Waals surface area contributed by atoms with Crippen molar-refractivity contribution in [3.8, 4) is 0 Å². The standard InChI is InChI=1S/C13H25NO/c1-2-3-4-5-6-7-8-12(15)13(11-14)9-10-13/h2-11,14H2,1H3. The Kier molecular flexibility index (Phi) is 5.30. The van der Waals surface area contributed by atoms with Crippen molar-refractivity contribution in [3.05, 3.63) is 0 Å². The van der Waals surface area contributed by atoms with Crippen LogP contribution in [0.25, 0.3) is 0 Å². The second-order valence-electron chi connectivity index (χ2n) is 4.93. The summed E-state index contributed by atoms with van der Waals surface area (Å²) in [5, 5.41) is 0. The number of rotatable bonds is 9. The van der Waals surface area contributed by atoms with Crippen LogP contribution in [0.1, 0.15) is 64.7 Å². The predicted octanol–water partition coefficient (Wildman–Crippen LogP) is 3.05. The third-order valence-electron chi connectivity index (χ3n) is 3.59. The van der Waals surface area contributed by atoms with E-state index in [0.29, 0.717) is 12.3 Å². The molecule has 1 saturated carbocycles. The molecular formula is C13H25NO. The molecule has 1 rings (SSSR count). The lowest BCUT2D eigenvalue weighted by Gasteiger charge is -2.10. The van der Waals surface area contributed by atoms with E-state index in [9.17, 15) is 4.79 Å². The van der Waals surface area contributed by atoms with E-state index in [0.717, 1.165) is 25.7 Å². The third kappa shape index (κ3) is 3.94. The van der Waals surface area contributed by atoms with Crippen LogP contribution in [0, 0.1) is 5.41 Å². The van der Waals surface area contributed by atoms with Gasteiger partial charge in [0.15, 0.2) is 0 Å². The van der Waals surface area contributed by atoms with Gasteiger partial charge in [0, 0.05) is 18.4 Å². The van der Waals surface area contributed by atoms with E-state index in [4.69, 9.17) is 5.73 Å². The van der Waals surface area contributed by atoms with Crippen LogP contribution >= 0.6 is 0 Å². The van der Waals surface area contributed by atoms with E-state index in [2.05, 4.69) is 6.92 Å². The minimum absolute atomic E-state index is 0.0661. The first-order valence-corrected chi connectivity index (χ1v) is 6.48. The van der Waals surface area contributed by atoms with Crippen LogP contribution in [-0.4, -0.2) is 12.3 Å². The minimum atomic E-state index is -0.0661. The Bertz CT molecular complexity index is 197. The van der Waals surface area contributed by atoms with E-state index >= 15 is 0 Å². The molecular weight excluding hydrogens is 186 g/mol. The maximum absolute atomic E-state index is 11.8. The van der Waals surface area contributed by atoms with Crippen LogP contribution < -0.4 is 5.73 Å². The number of hydrogen-bond donors (Lipinski definition) is 1. The molecule has 2 heteroatoms. The lowest BCUT2D eigenvalue weighted by Crippen LogP contribution is -2.25. The summed E-state index contributed by atoms with van der Waals surface area (Å²) >= 11 is 0. The average Bonchev–Trinajstić information content (AvgIpc) is 3.03. The van der Waals surface area contributed by atoms with Crippen LogP contribution in [0.5, 0.6) is 0 Å². The van der Waals surface area contributed by atoms with Crippen LogP contribution in [-0.2, 0) is 4.79 Å². The Balaban J connectivity index is 1.98. The first-order chi connectivity index (χ1) is 7.25. The van der Waals surface area contributed by atoms with Gasteiger partial charge in [0.05, 0.1) is 0 Å². The summed E-state index contributed by atoms with van der Waals surface area (Å²) in [6.45, 7) is 2.79. The Morgan fingerprint density at radius 1 is 1.13 bits per heavy atom. The highest BCUT2D eigenvalue weighted by Crippen LogP contribution is 2.46. The molecule has 0 spiro atoms. The van der Waals surface area contributed by atoms with Crippen molar-refractivity contribution in [1.82, 2.24) is 0 Å². The molecule has 2 N–H and O–H groups in total. The molecule has 0 aromatic rings. The molecule has 0 bridgehead atoms. The second kappa shape index (κ2) is 6.26. The van der Waals surface area contributed by atoms with E-state index in [1.165, 1.54) is 32.1 Å². The van der Waals surface area contributed by atoms with Gasteiger partial charge >= 0.3 is 0 Å². The number of Topliss-reactive ketones (excluding diaryl/α,β-unsaturated/α-hetero) is 1. The highest BCUT2D eigenvalue weighted by molar-refractivity contribution is 5.87. The van der Waals surface area contributed by atoms with Crippen molar-refractivity contribution in [2.24, 2.45) is 11.1 Å². The fraction of sp³-hybridized carbons (Fsp3) is 0.923. The van der Waals surface area contributed by atoms with Gasteiger partial charge in [0.1, 0.15) is 5.78 Å². The lowest BCUT2D eigenvalue weighted by molar-refractivity contribution is -0.123. The fourth-order valence-electron chi connectivity index (χ4n) is 2.08. The van der Waals surface area contributed by atoms with Gasteiger partial charge in [-0.05, 0) is 19.3 Å². The topological polar surface area (TPSA) is 43.1 Å². The SMILES string of the molecule is CCCCCCCCC(=O)C1(CN)CC1. The van der Waals surface area contributed by atoms with Crippen molar-refractivity contribution in [3.63, 3.8) is 0 Å².